The molecular weight excluding hydrogens is 531 g/mol. The van der Waals surface area contributed by atoms with Gasteiger partial charge in [0.05, 0.1) is 17.9 Å². The number of hydrogen-bond donors (Lipinski definition) is 2. The number of fused-ring (bicyclic) bond motifs is 5. The van der Waals surface area contributed by atoms with E-state index in [2.05, 4.69) is 50.5 Å². The van der Waals surface area contributed by atoms with Gasteiger partial charge in [-0.2, -0.15) is 0 Å². The van der Waals surface area contributed by atoms with E-state index < -0.39 is 0 Å². The molecule has 2 amide bonds. The zero-order chi connectivity index (χ0) is 22.9. The van der Waals surface area contributed by atoms with Crippen molar-refractivity contribution in [3.8, 4) is 0 Å². The lowest BCUT2D eigenvalue weighted by molar-refractivity contribution is -0.140. The van der Waals surface area contributed by atoms with Crippen LogP contribution in [0.5, 0.6) is 0 Å². The summed E-state index contributed by atoms with van der Waals surface area (Å²) in [6, 6.07) is 0. The lowest BCUT2D eigenvalue weighted by Crippen LogP contribution is -2.43. The van der Waals surface area contributed by atoms with Crippen LogP contribution >= 0.6 is 24.0 Å². The number of rotatable bonds is 7. The summed E-state index contributed by atoms with van der Waals surface area (Å²) in [6.07, 6.45) is 8.44. The molecule has 2 heterocycles. The topological polar surface area (TPSA) is 83.0 Å². The Morgan fingerprint density at radius 3 is 2.42 bits per heavy atom. The van der Waals surface area contributed by atoms with Gasteiger partial charge in [-0.25, -0.2) is 0 Å². The van der Waals surface area contributed by atoms with E-state index in [1.54, 1.807) is 0 Å². The zero-order valence-electron chi connectivity index (χ0n) is 20.5. The van der Waals surface area contributed by atoms with Crippen LogP contribution in [0.4, 0.5) is 0 Å². The van der Waals surface area contributed by atoms with Gasteiger partial charge in [-0.1, -0.05) is 32.9 Å². The van der Waals surface area contributed by atoms with E-state index in [1.807, 2.05) is 0 Å². The van der Waals surface area contributed by atoms with Gasteiger partial charge in [0.2, 0.25) is 11.8 Å². The Kier molecular flexibility index (Phi) is 8.86. The smallest absolute Gasteiger partial charge is 0.233 e. The number of allylic oxidation sites excluding steroid dienone is 2. The molecule has 2 aliphatic heterocycles. The van der Waals surface area contributed by atoms with E-state index in [9.17, 15) is 9.59 Å². The standard InChI is InChI=1S/C25H40N4O3.HI/c1-5-26-24(28-15-18-8-6-13-32-21(18)25(2,3)4)27-11-7-12-29-22(30)19-16-9-10-17(14-16)20(19)23(29)31;/h9-10,16-21H,5-8,11-15H2,1-4H3,(H2,26,27,28);1H. The molecule has 6 atom stereocenters. The van der Waals surface area contributed by atoms with E-state index in [4.69, 9.17) is 9.73 Å². The summed E-state index contributed by atoms with van der Waals surface area (Å²) in [4.78, 5) is 32.0. The second-order valence-electron chi connectivity index (χ2n) is 10.9. The first-order chi connectivity index (χ1) is 15.3. The van der Waals surface area contributed by atoms with Crippen molar-refractivity contribution in [2.75, 3.05) is 32.8 Å². The van der Waals surface area contributed by atoms with Gasteiger partial charge < -0.3 is 15.4 Å². The fraction of sp³-hybridized carbons (Fsp3) is 0.800. The van der Waals surface area contributed by atoms with Crippen LogP contribution in [0.15, 0.2) is 17.1 Å². The Morgan fingerprint density at radius 2 is 1.82 bits per heavy atom. The zero-order valence-corrected chi connectivity index (χ0v) is 22.8. The highest BCUT2D eigenvalue weighted by atomic mass is 127. The molecule has 8 heteroatoms. The number of ether oxygens (including phenoxy) is 1. The molecule has 0 aromatic carbocycles. The first-order valence-corrected chi connectivity index (χ1v) is 12.5. The normalized spacial score (nSPS) is 33.3. The van der Waals surface area contributed by atoms with E-state index in [-0.39, 0.29) is 71.0 Å². The van der Waals surface area contributed by atoms with Crippen molar-refractivity contribution in [2.45, 2.75) is 59.5 Å². The van der Waals surface area contributed by atoms with Gasteiger partial charge in [-0.15, -0.1) is 24.0 Å². The van der Waals surface area contributed by atoms with Crippen LogP contribution < -0.4 is 10.6 Å². The number of aliphatic imine (C=N–C) groups is 1. The van der Waals surface area contributed by atoms with Gasteiger partial charge in [0.1, 0.15) is 0 Å². The lowest BCUT2D eigenvalue weighted by Gasteiger charge is -2.39. The van der Waals surface area contributed by atoms with Gasteiger partial charge >= 0.3 is 0 Å². The molecule has 2 aliphatic carbocycles. The first kappa shape index (κ1) is 26.4. The molecule has 2 bridgehead atoms. The number of likely N-dealkylation sites (tertiary alicyclic amines) is 1. The summed E-state index contributed by atoms with van der Waals surface area (Å²) in [5.41, 5.74) is 0.106. The monoisotopic (exact) mass is 572 g/mol. The van der Waals surface area contributed by atoms with E-state index in [0.717, 1.165) is 51.3 Å². The molecule has 2 N–H and O–H groups in total. The van der Waals surface area contributed by atoms with Crippen LogP contribution in [0.2, 0.25) is 0 Å². The number of imide groups is 1. The predicted octanol–water partition coefficient (Wildman–Crippen LogP) is 3.20. The van der Waals surface area contributed by atoms with Crippen LogP contribution in [0.1, 0.15) is 53.4 Å². The molecule has 4 rings (SSSR count). The van der Waals surface area contributed by atoms with Gasteiger partial charge in [0.15, 0.2) is 5.96 Å². The van der Waals surface area contributed by atoms with Crippen molar-refractivity contribution in [1.29, 1.82) is 0 Å². The molecule has 4 aliphatic rings. The van der Waals surface area contributed by atoms with Crippen LogP contribution in [0.25, 0.3) is 0 Å². The molecule has 0 spiro atoms. The number of nitrogens with one attached hydrogen (secondary N) is 2. The van der Waals surface area contributed by atoms with Crippen molar-refractivity contribution >= 4 is 41.8 Å². The number of guanidine groups is 1. The minimum absolute atomic E-state index is 0. The second kappa shape index (κ2) is 11.1. The van der Waals surface area contributed by atoms with Crippen molar-refractivity contribution in [2.24, 2.45) is 40.0 Å². The third-order valence-corrected chi connectivity index (χ3v) is 7.54. The molecule has 33 heavy (non-hydrogen) atoms. The maximum atomic E-state index is 12.8. The molecule has 1 saturated carbocycles. The summed E-state index contributed by atoms with van der Waals surface area (Å²) < 4.78 is 6.09. The quantitative estimate of drug-likeness (QED) is 0.122. The maximum Gasteiger partial charge on any atom is 0.233 e. The Bertz CT molecular complexity index is 748. The third-order valence-electron chi connectivity index (χ3n) is 7.54. The summed E-state index contributed by atoms with van der Waals surface area (Å²) in [5.74, 6) is 1.66. The minimum Gasteiger partial charge on any atom is -0.377 e. The Labute approximate surface area is 215 Å². The molecule has 6 unspecified atom stereocenters. The highest BCUT2D eigenvalue weighted by Crippen LogP contribution is 2.52. The van der Waals surface area contributed by atoms with Crippen molar-refractivity contribution in [3.63, 3.8) is 0 Å². The first-order valence-electron chi connectivity index (χ1n) is 12.5. The second-order valence-corrected chi connectivity index (χ2v) is 10.9. The van der Waals surface area contributed by atoms with Crippen molar-refractivity contribution < 1.29 is 14.3 Å². The Hall–Kier alpha value is -1.16. The van der Waals surface area contributed by atoms with Crippen LogP contribution in [0, 0.1) is 35.0 Å². The van der Waals surface area contributed by atoms with Gasteiger partial charge in [0, 0.05) is 38.7 Å². The minimum atomic E-state index is -0.0992. The van der Waals surface area contributed by atoms with E-state index >= 15 is 0 Å². The molecular formula is C25H41IN4O3. The summed E-state index contributed by atoms with van der Waals surface area (Å²) in [7, 11) is 0. The number of amides is 2. The Balaban J connectivity index is 0.00000306. The molecule has 186 valence electrons. The molecule has 0 aromatic heterocycles. The fourth-order valence-corrected chi connectivity index (χ4v) is 6.17. The van der Waals surface area contributed by atoms with Gasteiger partial charge in [-0.3, -0.25) is 19.5 Å². The van der Waals surface area contributed by atoms with Gasteiger partial charge in [0.25, 0.3) is 0 Å². The summed E-state index contributed by atoms with van der Waals surface area (Å²) in [6.45, 7) is 12.3. The van der Waals surface area contributed by atoms with Crippen LogP contribution in [0.3, 0.4) is 0 Å². The number of nitrogens with zero attached hydrogens (tertiary/aromatic N) is 2. The van der Waals surface area contributed by atoms with Gasteiger partial charge in [-0.05, 0) is 49.9 Å². The van der Waals surface area contributed by atoms with E-state index in [0.29, 0.717) is 19.0 Å². The SMILES string of the molecule is CCNC(=NCC1CCCOC1C(C)(C)C)NCCCN1C(=O)C2C3C=CC(C3)C2C1=O.I. The lowest BCUT2D eigenvalue weighted by atomic mass is 9.78. The molecule has 3 fully saturated rings. The average molecular weight is 573 g/mol. The van der Waals surface area contributed by atoms with E-state index in [1.165, 1.54) is 4.90 Å². The number of carbonyl (C=O) groups excluding carboxylic acids is 2. The fourth-order valence-electron chi connectivity index (χ4n) is 6.17. The molecule has 2 saturated heterocycles. The number of carbonyl (C=O) groups is 2. The highest BCUT2D eigenvalue weighted by molar-refractivity contribution is 14.0. The van der Waals surface area contributed by atoms with Crippen LogP contribution in [-0.4, -0.2) is 61.6 Å². The predicted molar refractivity (Wildman–Crippen MR) is 140 cm³/mol. The average Bonchev–Trinajstić information content (AvgIpc) is 3.43. The van der Waals surface area contributed by atoms with Crippen molar-refractivity contribution in [1.82, 2.24) is 15.5 Å². The molecule has 7 nitrogen and oxygen atoms in total. The third kappa shape index (κ3) is 5.57. The number of hydrogen-bond acceptors (Lipinski definition) is 4. The maximum absolute atomic E-state index is 12.8. The number of halogens is 1. The molecule has 0 aromatic rings. The molecule has 0 radical (unpaired) electrons. The van der Waals surface area contributed by atoms with Crippen molar-refractivity contribution in [3.05, 3.63) is 12.2 Å². The highest BCUT2D eigenvalue weighted by Gasteiger charge is 2.58. The largest absolute Gasteiger partial charge is 0.377 e. The Morgan fingerprint density at radius 1 is 1.15 bits per heavy atom. The van der Waals surface area contributed by atoms with Crippen LogP contribution in [-0.2, 0) is 14.3 Å². The summed E-state index contributed by atoms with van der Waals surface area (Å²) >= 11 is 0. The summed E-state index contributed by atoms with van der Waals surface area (Å²) in [5, 5.41) is 6.70.